The minimum atomic E-state index is -0.670. The quantitative estimate of drug-likeness (QED) is 0.798. The highest BCUT2D eigenvalue weighted by atomic mass is 16.3. The van der Waals surface area contributed by atoms with Crippen LogP contribution in [-0.2, 0) is 5.60 Å². The Labute approximate surface area is 109 Å². The average Bonchev–Trinajstić information content (AvgIpc) is 2.64. The Bertz CT molecular complexity index is 436. The molecule has 0 aliphatic heterocycles. The van der Waals surface area contributed by atoms with E-state index in [1.165, 1.54) is 12.8 Å². The molecule has 2 aliphatic carbocycles. The molecule has 0 spiro atoms. The molecule has 3 rings (SSSR count). The molecule has 98 valence electrons. The molecule has 2 nitrogen and oxygen atoms in total. The summed E-state index contributed by atoms with van der Waals surface area (Å²) in [4.78, 5) is 0. The molecule has 0 aromatic heterocycles. The second-order valence-electron chi connectivity index (χ2n) is 6.28. The minimum Gasteiger partial charge on any atom is -0.385 e. The highest BCUT2D eigenvalue weighted by molar-refractivity contribution is 5.40. The topological polar surface area (TPSA) is 46.2 Å². The van der Waals surface area contributed by atoms with E-state index in [4.69, 9.17) is 5.73 Å². The van der Waals surface area contributed by atoms with Gasteiger partial charge in [0, 0.05) is 6.04 Å². The minimum absolute atomic E-state index is 0.00514. The van der Waals surface area contributed by atoms with E-state index in [0.29, 0.717) is 12.3 Å². The highest BCUT2D eigenvalue weighted by Crippen LogP contribution is 2.50. The summed E-state index contributed by atoms with van der Waals surface area (Å²) in [6, 6.07) is 8.19. The number of benzene rings is 1. The van der Waals surface area contributed by atoms with Crippen molar-refractivity contribution in [3.63, 3.8) is 0 Å². The lowest BCUT2D eigenvalue weighted by Crippen LogP contribution is -2.35. The molecule has 2 atom stereocenters. The van der Waals surface area contributed by atoms with Crippen LogP contribution in [-0.4, -0.2) is 5.11 Å². The van der Waals surface area contributed by atoms with E-state index in [2.05, 4.69) is 19.1 Å². The number of fused-ring (bicyclic) bond motifs is 1. The van der Waals surface area contributed by atoms with Crippen molar-refractivity contribution in [2.24, 2.45) is 17.6 Å². The lowest BCUT2D eigenvalue weighted by Gasteiger charge is -2.38. The van der Waals surface area contributed by atoms with Crippen LogP contribution in [0.15, 0.2) is 24.3 Å². The highest BCUT2D eigenvalue weighted by Gasteiger charge is 2.46. The third-order valence-electron chi connectivity index (χ3n) is 5.05. The molecule has 2 aliphatic rings. The van der Waals surface area contributed by atoms with Crippen LogP contribution >= 0.6 is 0 Å². The number of hydrogen-bond acceptors (Lipinski definition) is 2. The Hall–Kier alpha value is -0.860. The van der Waals surface area contributed by atoms with Gasteiger partial charge in [-0.15, -0.1) is 0 Å². The van der Waals surface area contributed by atoms with Crippen molar-refractivity contribution in [3.05, 3.63) is 35.4 Å². The molecule has 0 amide bonds. The van der Waals surface area contributed by atoms with Gasteiger partial charge in [0.2, 0.25) is 0 Å². The smallest absolute Gasteiger partial charge is 0.0945 e. The van der Waals surface area contributed by atoms with Crippen LogP contribution in [0.5, 0.6) is 0 Å². The lowest BCUT2D eigenvalue weighted by atomic mass is 9.71. The van der Waals surface area contributed by atoms with Crippen LogP contribution < -0.4 is 5.73 Å². The predicted octanol–water partition coefficient (Wildman–Crippen LogP) is 3.10. The first-order valence-corrected chi connectivity index (χ1v) is 7.18. The van der Waals surface area contributed by atoms with Crippen molar-refractivity contribution in [2.45, 2.75) is 50.7 Å². The fraction of sp³-hybridized carbons (Fsp3) is 0.625. The van der Waals surface area contributed by atoms with Crippen LogP contribution in [0, 0.1) is 11.8 Å². The second-order valence-corrected chi connectivity index (χ2v) is 6.28. The van der Waals surface area contributed by atoms with E-state index in [0.717, 1.165) is 29.9 Å². The summed E-state index contributed by atoms with van der Waals surface area (Å²) in [7, 11) is 0. The zero-order valence-corrected chi connectivity index (χ0v) is 11.1. The van der Waals surface area contributed by atoms with E-state index in [1.807, 2.05) is 12.1 Å². The molecule has 0 radical (unpaired) electrons. The molecule has 0 saturated heterocycles. The molecule has 18 heavy (non-hydrogen) atoms. The monoisotopic (exact) mass is 245 g/mol. The summed E-state index contributed by atoms with van der Waals surface area (Å²) in [5.74, 6) is 1.21. The summed E-state index contributed by atoms with van der Waals surface area (Å²) in [5, 5.41) is 11.1. The molecule has 1 saturated carbocycles. The number of aliphatic hydroxyl groups is 1. The van der Waals surface area contributed by atoms with Gasteiger partial charge in [-0.1, -0.05) is 44.0 Å². The van der Waals surface area contributed by atoms with E-state index in [-0.39, 0.29) is 6.04 Å². The summed E-state index contributed by atoms with van der Waals surface area (Å²) in [5.41, 5.74) is 7.77. The summed E-state index contributed by atoms with van der Waals surface area (Å²) >= 11 is 0. The largest absolute Gasteiger partial charge is 0.385 e. The summed E-state index contributed by atoms with van der Waals surface area (Å²) in [6.45, 7) is 2.31. The van der Waals surface area contributed by atoms with Gasteiger partial charge in [-0.25, -0.2) is 0 Å². The third kappa shape index (κ3) is 1.79. The fourth-order valence-corrected chi connectivity index (χ4v) is 3.89. The van der Waals surface area contributed by atoms with E-state index >= 15 is 0 Å². The zero-order valence-electron chi connectivity index (χ0n) is 11.1. The van der Waals surface area contributed by atoms with Crippen molar-refractivity contribution in [1.82, 2.24) is 0 Å². The summed E-state index contributed by atoms with van der Waals surface area (Å²) < 4.78 is 0. The third-order valence-corrected chi connectivity index (χ3v) is 5.05. The molecule has 3 N–H and O–H groups in total. The van der Waals surface area contributed by atoms with E-state index in [9.17, 15) is 5.11 Å². The van der Waals surface area contributed by atoms with E-state index in [1.54, 1.807) is 0 Å². The Balaban J connectivity index is 1.92. The van der Waals surface area contributed by atoms with Crippen molar-refractivity contribution < 1.29 is 5.11 Å². The van der Waals surface area contributed by atoms with Crippen LogP contribution in [0.2, 0.25) is 0 Å². The van der Waals surface area contributed by atoms with Crippen molar-refractivity contribution >= 4 is 0 Å². The Morgan fingerprint density at radius 1 is 1.17 bits per heavy atom. The van der Waals surface area contributed by atoms with Gasteiger partial charge in [-0.2, -0.15) is 0 Å². The van der Waals surface area contributed by atoms with Gasteiger partial charge in [0.25, 0.3) is 0 Å². The first kappa shape index (κ1) is 12.2. The normalized spacial score (nSPS) is 39.6. The Morgan fingerprint density at radius 2 is 1.83 bits per heavy atom. The number of rotatable bonds is 1. The molecular formula is C16H23NO. The molecule has 2 heteroatoms. The van der Waals surface area contributed by atoms with Crippen LogP contribution in [0.25, 0.3) is 0 Å². The van der Waals surface area contributed by atoms with Gasteiger partial charge in [-0.3, -0.25) is 0 Å². The molecule has 1 aromatic rings. The fourth-order valence-electron chi connectivity index (χ4n) is 3.89. The average molecular weight is 245 g/mol. The molecule has 1 aromatic carbocycles. The van der Waals surface area contributed by atoms with Crippen molar-refractivity contribution in [1.29, 1.82) is 0 Å². The van der Waals surface area contributed by atoms with Gasteiger partial charge >= 0.3 is 0 Å². The van der Waals surface area contributed by atoms with Crippen molar-refractivity contribution in [2.75, 3.05) is 0 Å². The van der Waals surface area contributed by atoms with Gasteiger partial charge in [0.05, 0.1) is 5.60 Å². The summed E-state index contributed by atoms with van der Waals surface area (Å²) in [6.07, 6.45) is 5.46. The number of hydrogen-bond donors (Lipinski definition) is 2. The van der Waals surface area contributed by atoms with Gasteiger partial charge in [-0.05, 0) is 42.2 Å². The van der Waals surface area contributed by atoms with Crippen LogP contribution in [0.3, 0.4) is 0 Å². The maximum Gasteiger partial charge on any atom is 0.0945 e. The molecule has 2 unspecified atom stereocenters. The second kappa shape index (κ2) is 4.36. The van der Waals surface area contributed by atoms with E-state index < -0.39 is 5.60 Å². The molecule has 1 fully saturated rings. The maximum absolute atomic E-state index is 11.1. The molecule has 0 bridgehead atoms. The molecule has 0 heterocycles. The lowest BCUT2D eigenvalue weighted by molar-refractivity contribution is -0.0448. The SMILES string of the molecule is CC1CCC(C2(O)CC(N)c3ccccc32)CC1. The first-order chi connectivity index (χ1) is 8.61. The van der Waals surface area contributed by atoms with Crippen LogP contribution in [0.1, 0.15) is 56.2 Å². The predicted molar refractivity (Wildman–Crippen MR) is 73.0 cm³/mol. The van der Waals surface area contributed by atoms with Crippen molar-refractivity contribution in [3.8, 4) is 0 Å². The number of nitrogens with two attached hydrogens (primary N) is 1. The standard InChI is InChI=1S/C16H23NO/c1-11-6-8-12(9-7-11)16(18)10-15(17)13-4-2-3-5-14(13)16/h2-5,11-12,15,18H,6-10,17H2,1H3. The Morgan fingerprint density at radius 3 is 2.56 bits per heavy atom. The van der Waals surface area contributed by atoms with Gasteiger partial charge < -0.3 is 10.8 Å². The maximum atomic E-state index is 11.1. The van der Waals surface area contributed by atoms with Gasteiger partial charge in [0.1, 0.15) is 0 Å². The Kier molecular flexibility index (Phi) is 2.95. The molecular weight excluding hydrogens is 222 g/mol. The first-order valence-electron chi connectivity index (χ1n) is 7.18. The van der Waals surface area contributed by atoms with Crippen LogP contribution in [0.4, 0.5) is 0 Å². The zero-order chi connectivity index (χ0) is 12.8. The van der Waals surface area contributed by atoms with Gasteiger partial charge in [0.15, 0.2) is 0 Å².